The number of nitrogens with one attached hydrogen (secondary N) is 2. The van der Waals surface area contributed by atoms with Crippen molar-refractivity contribution < 1.29 is 23.9 Å². The summed E-state index contributed by atoms with van der Waals surface area (Å²) >= 11 is 11.7. The molecule has 7 nitrogen and oxygen atoms in total. The number of halogens is 2. The van der Waals surface area contributed by atoms with Gasteiger partial charge >= 0.3 is 5.97 Å². The molecule has 2 aromatic rings. The average Bonchev–Trinajstić information content (AvgIpc) is 2.66. The average molecular weight is 439 g/mol. The molecule has 9 heteroatoms. The van der Waals surface area contributed by atoms with Gasteiger partial charge in [-0.05, 0) is 56.3 Å². The van der Waals surface area contributed by atoms with E-state index in [2.05, 4.69) is 10.6 Å². The molecular weight excluding hydrogens is 419 g/mol. The number of benzene rings is 2. The minimum absolute atomic E-state index is 0.356. The summed E-state index contributed by atoms with van der Waals surface area (Å²) in [5, 5.41) is 5.70. The molecule has 0 fully saturated rings. The summed E-state index contributed by atoms with van der Waals surface area (Å²) in [6.07, 6.45) is -1.08. The predicted octanol–water partition coefficient (Wildman–Crippen LogP) is 3.69. The molecule has 29 heavy (non-hydrogen) atoms. The summed E-state index contributed by atoms with van der Waals surface area (Å²) in [4.78, 5) is 36.1. The van der Waals surface area contributed by atoms with Crippen LogP contribution >= 0.6 is 23.2 Å². The molecule has 1 unspecified atom stereocenters. The van der Waals surface area contributed by atoms with Gasteiger partial charge in [0.15, 0.2) is 6.10 Å². The monoisotopic (exact) mass is 438 g/mol. The summed E-state index contributed by atoms with van der Waals surface area (Å²) in [7, 11) is 0. The first-order valence-corrected chi connectivity index (χ1v) is 9.51. The van der Waals surface area contributed by atoms with Crippen LogP contribution in [0, 0.1) is 0 Å². The van der Waals surface area contributed by atoms with Gasteiger partial charge in [0.1, 0.15) is 12.3 Å². The number of carbonyl (C=O) groups excluding carboxylic acids is 3. The highest BCUT2D eigenvalue weighted by molar-refractivity contribution is 6.35. The van der Waals surface area contributed by atoms with Crippen LogP contribution in [0.5, 0.6) is 5.75 Å². The van der Waals surface area contributed by atoms with E-state index < -0.39 is 23.9 Å². The molecular formula is C20H20Cl2N2O5. The third-order valence-electron chi connectivity index (χ3n) is 3.63. The Morgan fingerprint density at radius 1 is 1.03 bits per heavy atom. The summed E-state index contributed by atoms with van der Waals surface area (Å²) in [5.74, 6) is -1.12. The van der Waals surface area contributed by atoms with Crippen LogP contribution in [-0.4, -0.2) is 37.0 Å². The zero-order valence-electron chi connectivity index (χ0n) is 15.8. The highest BCUT2D eigenvalue weighted by atomic mass is 35.5. The fraction of sp³-hybridized carbons (Fsp3) is 0.250. The van der Waals surface area contributed by atoms with E-state index in [0.29, 0.717) is 33.7 Å². The smallest absolute Gasteiger partial charge is 0.326 e. The van der Waals surface area contributed by atoms with Gasteiger partial charge in [0.05, 0.1) is 6.61 Å². The second-order valence-electron chi connectivity index (χ2n) is 5.92. The Kier molecular flexibility index (Phi) is 8.30. The highest BCUT2D eigenvalue weighted by Crippen LogP contribution is 2.22. The van der Waals surface area contributed by atoms with E-state index in [9.17, 15) is 14.4 Å². The number of rotatable bonds is 8. The second-order valence-corrected chi connectivity index (χ2v) is 6.79. The minimum atomic E-state index is -1.08. The summed E-state index contributed by atoms with van der Waals surface area (Å²) in [6.45, 7) is 3.41. The largest absolute Gasteiger partial charge is 0.494 e. The molecule has 0 aromatic heterocycles. The molecule has 2 rings (SSSR count). The molecule has 0 heterocycles. The first kappa shape index (κ1) is 22.5. The van der Waals surface area contributed by atoms with Crippen molar-refractivity contribution in [2.45, 2.75) is 20.0 Å². The molecule has 2 amide bonds. The van der Waals surface area contributed by atoms with Crippen molar-refractivity contribution >= 4 is 46.7 Å². The Morgan fingerprint density at radius 3 is 2.24 bits per heavy atom. The lowest BCUT2D eigenvalue weighted by atomic mass is 10.2. The van der Waals surface area contributed by atoms with E-state index in [4.69, 9.17) is 32.7 Å². The van der Waals surface area contributed by atoms with Gasteiger partial charge < -0.3 is 20.1 Å². The van der Waals surface area contributed by atoms with Crippen molar-refractivity contribution in [2.24, 2.45) is 0 Å². The molecule has 0 radical (unpaired) electrons. The van der Waals surface area contributed by atoms with Crippen molar-refractivity contribution in [3.8, 4) is 5.75 Å². The predicted molar refractivity (Wildman–Crippen MR) is 111 cm³/mol. The number of hydrogen-bond acceptors (Lipinski definition) is 5. The zero-order valence-corrected chi connectivity index (χ0v) is 17.3. The lowest BCUT2D eigenvalue weighted by molar-refractivity contribution is -0.152. The van der Waals surface area contributed by atoms with Gasteiger partial charge in [-0.1, -0.05) is 23.2 Å². The van der Waals surface area contributed by atoms with Crippen LogP contribution in [0.1, 0.15) is 24.2 Å². The van der Waals surface area contributed by atoms with Gasteiger partial charge in [-0.25, -0.2) is 0 Å². The van der Waals surface area contributed by atoms with Gasteiger partial charge in [0.25, 0.3) is 11.8 Å². The first-order valence-electron chi connectivity index (χ1n) is 8.76. The molecule has 2 N–H and O–H groups in total. The quantitative estimate of drug-likeness (QED) is 0.612. The second kappa shape index (κ2) is 10.7. The van der Waals surface area contributed by atoms with Crippen LogP contribution in [0.25, 0.3) is 0 Å². The Morgan fingerprint density at radius 2 is 1.66 bits per heavy atom. The van der Waals surface area contributed by atoms with Crippen molar-refractivity contribution in [3.05, 3.63) is 58.1 Å². The fourth-order valence-electron chi connectivity index (χ4n) is 2.29. The van der Waals surface area contributed by atoms with Crippen LogP contribution in [0.4, 0.5) is 5.69 Å². The zero-order chi connectivity index (χ0) is 21.4. The van der Waals surface area contributed by atoms with Crippen LogP contribution in [0.15, 0.2) is 42.5 Å². The molecule has 2 aromatic carbocycles. The summed E-state index contributed by atoms with van der Waals surface area (Å²) in [6, 6.07) is 11.0. The van der Waals surface area contributed by atoms with Crippen LogP contribution < -0.4 is 15.4 Å². The van der Waals surface area contributed by atoms with E-state index in [1.807, 2.05) is 6.92 Å². The van der Waals surface area contributed by atoms with E-state index in [-0.39, 0.29) is 6.54 Å². The molecule has 0 aliphatic heterocycles. The van der Waals surface area contributed by atoms with Gasteiger partial charge in [0, 0.05) is 21.3 Å². The minimum Gasteiger partial charge on any atom is -0.494 e. The summed E-state index contributed by atoms with van der Waals surface area (Å²) < 4.78 is 10.3. The van der Waals surface area contributed by atoms with Crippen LogP contribution in [0.2, 0.25) is 10.0 Å². The maximum Gasteiger partial charge on any atom is 0.326 e. The van der Waals surface area contributed by atoms with Crippen molar-refractivity contribution in [3.63, 3.8) is 0 Å². The Labute approximate surface area is 178 Å². The van der Waals surface area contributed by atoms with Gasteiger partial charge in [-0.15, -0.1) is 0 Å². The van der Waals surface area contributed by atoms with Gasteiger partial charge in [-0.3, -0.25) is 14.4 Å². The molecule has 0 aliphatic rings. The Balaban J connectivity index is 1.81. The van der Waals surface area contributed by atoms with E-state index in [0.717, 1.165) is 0 Å². The maximum absolute atomic E-state index is 12.1. The van der Waals surface area contributed by atoms with Crippen molar-refractivity contribution in [1.29, 1.82) is 0 Å². The van der Waals surface area contributed by atoms with E-state index in [1.54, 1.807) is 24.3 Å². The van der Waals surface area contributed by atoms with Gasteiger partial charge in [-0.2, -0.15) is 0 Å². The van der Waals surface area contributed by atoms with E-state index >= 15 is 0 Å². The third kappa shape index (κ3) is 7.29. The number of ether oxygens (including phenoxy) is 2. The van der Waals surface area contributed by atoms with Crippen molar-refractivity contribution in [2.75, 3.05) is 18.5 Å². The van der Waals surface area contributed by atoms with Crippen LogP contribution in [0.3, 0.4) is 0 Å². The molecule has 0 bridgehead atoms. The Bertz CT molecular complexity index is 867. The third-order valence-corrected chi connectivity index (χ3v) is 4.06. The standard InChI is InChI=1S/C20H20Cl2N2O5/c1-3-28-17-6-4-13(5-7-17)20(27)23-11-18(25)29-12(2)19(26)24-16-9-14(21)8-15(22)10-16/h4-10,12H,3,11H2,1-2H3,(H,23,27)(H,24,26). The van der Waals surface area contributed by atoms with E-state index in [1.165, 1.54) is 25.1 Å². The number of anilines is 1. The molecule has 0 spiro atoms. The number of esters is 1. The fourth-order valence-corrected chi connectivity index (χ4v) is 2.81. The normalized spacial score (nSPS) is 11.3. The Hall–Kier alpha value is -2.77. The highest BCUT2D eigenvalue weighted by Gasteiger charge is 2.19. The van der Waals surface area contributed by atoms with Gasteiger partial charge in [0.2, 0.25) is 0 Å². The lowest BCUT2D eigenvalue weighted by Crippen LogP contribution is -2.35. The number of carbonyl (C=O) groups is 3. The molecule has 0 saturated heterocycles. The molecule has 0 aliphatic carbocycles. The molecule has 1 atom stereocenters. The number of amides is 2. The summed E-state index contributed by atoms with van der Waals surface area (Å²) in [5.41, 5.74) is 0.740. The maximum atomic E-state index is 12.1. The lowest BCUT2D eigenvalue weighted by Gasteiger charge is -2.14. The number of hydrogen-bond donors (Lipinski definition) is 2. The topological polar surface area (TPSA) is 93.7 Å². The molecule has 154 valence electrons. The van der Waals surface area contributed by atoms with Crippen molar-refractivity contribution in [1.82, 2.24) is 5.32 Å². The SMILES string of the molecule is CCOc1ccc(C(=O)NCC(=O)OC(C)C(=O)Nc2cc(Cl)cc(Cl)c2)cc1. The first-order chi connectivity index (χ1) is 13.8. The molecule has 0 saturated carbocycles. The van der Waals surface area contributed by atoms with Crippen LogP contribution in [-0.2, 0) is 14.3 Å².